The Kier molecular flexibility index (Phi) is 2.33. The lowest BCUT2D eigenvalue weighted by Gasteiger charge is -2.02. The number of fused-ring (bicyclic) bond motifs is 3. The summed E-state index contributed by atoms with van der Waals surface area (Å²) in [7, 11) is 0. The molecule has 4 rings (SSSR count). The second kappa shape index (κ2) is 4.17. The SMILES string of the molecule is Cc1ccc(-c2cccc3c2oc2ccncc23)nc1. The van der Waals surface area contributed by atoms with E-state index in [9.17, 15) is 0 Å². The van der Waals surface area contributed by atoms with E-state index in [0.717, 1.165) is 38.8 Å². The number of para-hydroxylation sites is 1. The molecule has 1 aromatic carbocycles. The van der Waals surface area contributed by atoms with Gasteiger partial charge in [0.2, 0.25) is 0 Å². The fraction of sp³-hybridized carbons (Fsp3) is 0.0588. The lowest BCUT2D eigenvalue weighted by Crippen LogP contribution is -1.84. The maximum atomic E-state index is 5.99. The Morgan fingerprint density at radius 3 is 2.75 bits per heavy atom. The number of nitrogens with zero attached hydrogens (tertiary/aromatic N) is 2. The lowest BCUT2D eigenvalue weighted by molar-refractivity contribution is 0.669. The third-order valence-corrected chi connectivity index (χ3v) is 3.49. The predicted molar refractivity (Wildman–Crippen MR) is 79.5 cm³/mol. The lowest BCUT2D eigenvalue weighted by atomic mass is 10.1. The maximum absolute atomic E-state index is 5.99. The van der Waals surface area contributed by atoms with E-state index in [1.54, 1.807) is 6.20 Å². The number of aryl methyl sites for hydroxylation is 1. The van der Waals surface area contributed by atoms with Crippen LogP contribution in [0.5, 0.6) is 0 Å². The van der Waals surface area contributed by atoms with E-state index in [4.69, 9.17) is 4.42 Å². The van der Waals surface area contributed by atoms with Crippen molar-refractivity contribution < 1.29 is 4.42 Å². The van der Waals surface area contributed by atoms with Crippen molar-refractivity contribution in [3.05, 3.63) is 60.6 Å². The summed E-state index contributed by atoms with van der Waals surface area (Å²) >= 11 is 0. The minimum atomic E-state index is 0.856. The zero-order chi connectivity index (χ0) is 13.5. The molecule has 0 saturated heterocycles. The highest BCUT2D eigenvalue weighted by Gasteiger charge is 2.12. The van der Waals surface area contributed by atoms with Gasteiger partial charge in [0.1, 0.15) is 11.2 Å². The smallest absolute Gasteiger partial charge is 0.144 e. The summed E-state index contributed by atoms with van der Waals surface area (Å²) in [5.41, 5.74) is 4.81. The fourth-order valence-corrected chi connectivity index (χ4v) is 2.47. The first kappa shape index (κ1) is 11.2. The van der Waals surface area contributed by atoms with Gasteiger partial charge in [0.15, 0.2) is 0 Å². The summed E-state index contributed by atoms with van der Waals surface area (Å²) < 4.78 is 5.99. The minimum absolute atomic E-state index is 0.856. The van der Waals surface area contributed by atoms with Crippen molar-refractivity contribution in [1.29, 1.82) is 0 Å². The molecule has 0 aliphatic carbocycles. The molecular weight excluding hydrogens is 248 g/mol. The Balaban J connectivity index is 2.07. The van der Waals surface area contributed by atoms with Crippen LogP contribution in [-0.4, -0.2) is 9.97 Å². The van der Waals surface area contributed by atoms with Crippen molar-refractivity contribution in [2.24, 2.45) is 0 Å². The Morgan fingerprint density at radius 1 is 0.950 bits per heavy atom. The molecule has 3 heterocycles. The molecule has 0 unspecified atom stereocenters. The first-order valence-electron chi connectivity index (χ1n) is 6.51. The maximum Gasteiger partial charge on any atom is 0.144 e. The highest BCUT2D eigenvalue weighted by Crippen LogP contribution is 2.34. The molecule has 96 valence electrons. The quantitative estimate of drug-likeness (QED) is 0.510. The second-order valence-corrected chi connectivity index (χ2v) is 4.88. The Bertz CT molecular complexity index is 907. The van der Waals surface area contributed by atoms with Crippen LogP contribution in [0.3, 0.4) is 0 Å². The molecule has 0 amide bonds. The average molecular weight is 260 g/mol. The van der Waals surface area contributed by atoms with Crippen LogP contribution >= 0.6 is 0 Å². The van der Waals surface area contributed by atoms with Gasteiger partial charge in [-0.15, -0.1) is 0 Å². The molecule has 4 aromatic rings. The fourth-order valence-electron chi connectivity index (χ4n) is 2.47. The second-order valence-electron chi connectivity index (χ2n) is 4.88. The van der Waals surface area contributed by atoms with E-state index in [1.807, 2.05) is 43.6 Å². The number of benzene rings is 1. The number of rotatable bonds is 1. The van der Waals surface area contributed by atoms with Gasteiger partial charge >= 0.3 is 0 Å². The van der Waals surface area contributed by atoms with Crippen molar-refractivity contribution in [2.75, 3.05) is 0 Å². The van der Waals surface area contributed by atoms with Gasteiger partial charge in [0, 0.05) is 34.9 Å². The van der Waals surface area contributed by atoms with Gasteiger partial charge in [0.25, 0.3) is 0 Å². The molecule has 0 bridgehead atoms. The van der Waals surface area contributed by atoms with Crippen LogP contribution in [-0.2, 0) is 0 Å². The number of furan rings is 1. The van der Waals surface area contributed by atoms with Crippen molar-refractivity contribution in [2.45, 2.75) is 6.92 Å². The molecule has 0 spiro atoms. The van der Waals surface area contributed by atoms with Crippen molar-refractivity contribution >= 4 is 21.9 Å². The van der Waals surface area contributed by atoms with Crippen molar-refractivity contribution in [3.8, 4) is 11.3 Å². The number of hydrogen-bond donors (Lipinski definition) is 0. The van der Waals surface area contributed by atoms with Gasteiger partial charge in [-0.05, 0) is 30.7 Å². The van der Waals surface area contributed by atoms with Crippen LogP contribution in [0.1, 0.15) is 5.56 Å². The van der Waals surface area contributed by atoms with E-state index in [0.29, 0.717) is 0 Å². The summed E-state index contributed by atoms with van der Waals surface area (Å²) in [6.07, 6.45) is 5.46. The normalized spacial score (nSPS) is 11.2. The molecule has 3 aromatic heterocycles. The number of pyridine rings is 2. The molecular formula is C17H12N2O. The van der Waals surface area contributed by atoms with Gasteiger partial charge in [0.05, 0.1) is 5.69 Å². The third kappa shape index (κ3) is 1.60. The molecule has 0 radical (unpaired) electrons. The van der Waals surface area contributed by atoms with Crippen molar-refractivity contribution in [3.63, 3.8) is 0 Å². The monoisotopic (exact) mass is 260 g/mol. The largest absolute Gasteiger partial charge is 0.455 e. The summed E-state index contributed by atoms with van der Waals surface area (Å²) in [6.45, 7) is 2.03. The van der Waals surface area contributed by atoms with Crippen LogP contribution in [0, 0.1) is 6.92 Å². The first-order valence-corrected chi connectivity index (χ1v) is 6.51. The van der Waals surface area contributed by atoms with Crippen LogP contribution in [0.4, 0.5) is 0 Å². The molecule has 0 aliphatic rings. The van der Waals surface area contributed by atoms with Crippen LogP contribution in [0.15, 0.2) is 59.4 Å². The summed E-state index contributed by atoms with van der Waals surface area (Å²) in [6, 6.07) is 12.1. The van der Waals surface area contributed by atoms with E-state index in [-0.39, 0.29) is 0 Å². The van der Waals surface area contributed by atoms with Gasteiger partial charge in [-0.2, -0.15) is 0 Å². The molecule has 0 saturated carbocycles. The van der Waals surface area contributed by atoms with Crippen LogP contribution < -0.4 is 0 Å². The van der Waals surface area contributed by atoms with Crippen LogP contribution in [0.25, 0.3) is 33.2 Å². The van der Waals surface area contributed by atoms with Gasteiger partial charge in [-0.3, -0.25) is 9.97 Å². The van der Waals surface area contributed by atoms with Gasteiger partial charge in [-0.25, -0.2) is 0 Å². The molecule has 0 N–H and O–H groups in total. The van der Waals surface area contributed by atoms with E-state index in [1.165, 1.54) is 0 Å². The standard InChI is InChI=1S/C17H12N2O/c1-11-5-6-15(19-9-11)13-4-2-3-12-14-10-18-8-7-16(14)20-17(12)13/h2-10H,1H3. The first-order chi connectivity index (χ1) is 9.83. The van der Waals surface area contributed by atoms with E-state index in [2.05, 4.69) is 22.1 Å². The van der Waals surface area contributed by atoms with Gasteiger partial charge in [-0.1, -0.05) is 18.2 Å². The topological polar surface area (TPSA) is 38.9 Å². The van der Waals surface area contributed by atoms with E-state index < -0.39 is 0 Å². The zero-order valence-electron chi connectivity index (χ0n) is 11.0. The number of aromatic nitrogens is 2. The molecule has 0 atom stereocenters. The Morgan fingerprint density at radius 2 is 1.90 bits per heavy atom. The third-order valence-electron chi connectivity index (χ3n) is 3.49. The summed E-state index contributed by atoms with van der Waals surface area (Å²) in [4.78, 5) is 8.67. The molecule has 0 fully saturated rings. The molecule has 3 nitrogen and oxygen atoms in total. The Labute approximate surface area is 115 Å². The Hall–Kier alpha value is -2.68. The average Bonchev–Trinajstić information content (AvgIpc) is 2.87. The molecule has 3 heteroatoms. The van der Waals surface area contributed by atoms with Gasteiger partial charge < -0.3 is 4.42 Å². The predicted octanol–water partition coefficient (Wildman–Crippen LogP) is 4.35. The molecule has 20 heavy (non-hydrogen) atoms. The molecule has 0 aliphatic heterocycles. The highest BCUT2D eigenvalue weighted by molar-refractivity contribution is 6.08. The van der Waals surface area contributed by atoms with E-state index >= 15 is 0 Å². The van der Waals surface area contributed by atoms with Crippen molar-refractivity contribution in [1.82, 2.24) is 9.97 Å². The zero-order valence-corrected chi connectivity index (χ0v) is 11.0. The summed E-state index contributed by atoms with van der Waals surface area (Å²) in [5, 5.41) is 2.12. The number of hydrogen-bond acceptors (Lipinski definition) is 3. The summed E-state index contributed by atoms with van der Waals surface area (Å²) in [5.74, 6) is 0. The van der Waals surface area contributed by atoms with Crippen LogP contribution in [0.2, 0.25) is 0 Å². The highest BCUT2D eigenvalue weighted by atomic mass is 16.3. The minimum Gasteiger partial charge on any atom is -0.455 e.